The number of aryl methyl sites for hydroxylation is 1. The number of carbonyl (C=O) groups is 1. The van der Waals surface area contributed by atoms with E-state index in [-0.39, 0.29) is 18.0 Å². The Bertz CT molecular complexity index is 970. The van der Waals surface area contributed by atoms with Crippen LogP contribution in [0.5, 0.6) is 0 Å². The Morgan fingerprint density at radius 1 is 1.20 bits per heavy atom. The summed E-state index contributed by atoms with van der Waals surface area (Å²) < 4.78 is 3.35. The number of hydrogen-bond donors (Lipinski definition) is 1. The van der Waals surface area contributed by atoms with Gasteiger partial charge in [-0.25, -0.2) is 4.98 Å². The van der Waals surface area contributed by atoms with Crippen LogP contribution < -0.4 is 10.9 Å². The molecule has 3 rings (SSSR count). The Hall–Kier alpha value is -2.89. The van der Waals surface area contributed by atoms with Gasteiger partial charge in [0.05, 0.1) is 5.39 Å². The van der Waals surface area contributed by atoms with Crippen molar-refractivity contribution >= 4 is 16.9 Å². The van der Waals surface area contributed by atoms with E-state index in [1.807, 2.05) is 55.7 Å². The molecule has 2 heterocycles. The number of carbonyl (C=O) groups excluding carboxylic acids is 1. The first-order valence-electron chi connectivity index (χ1n) is 8.43. The zero-order valence-electron chi connectivity index (χ0n) is 14.7. The van der Waals surface area contributed by atoms with Crippen molar-refractivity contribution in [3.8, 4) is 5.69 Å². The summed E-state index contributed by atoms with van der Waals surface area (Å²) in [6.45, 7) is 6.46. The molecule has 130 valence electrons. The Balaban J connectivity index is 2.10. The number of rotatable bonds is 5. The van der Waals surface area contributed by atoms with Gasteiger partial charge in [0.2, 0.25) is 5.91 Å². The largest absolute Gasteiger partial charge is 0.355 e. The van der Waals surface area contributed by atoms with Crippen LogP contribution in [0.2, 0.25) is 0 Å². The first-order valence-corrected chi connectivity index (χ1v) is 8.43. The molecule has 6 nitrogen and oxygen atoms in total. The number of fused-ring (bicyclic) bond motifs is 1. The molecular weight excluding hydrogens is 316 g/mol. The Kier molecular flexibility index (Phi) is 4.70. The number of para-hydroxylation sites is 1. The van der Waals surface area contributed by atoms with E-state index in [9.17, 15) is 9.59 Å². The molecule has 0 aliphatic rings. The van der Waals surface area contributed by atoms with Gasteiger partial charge in [0, 0.05) is 17.9 Å². The molecule has 0 saturated heterocycles. The molecule has 0 unspecified atom stereocenters. The van der Waals surface area contributed by atoms with Gasteiger partial charge >= 0.3 is 0 Å². The van der Waals surface area contributed by atoms with E-state index in [0.29, 0.717) is 17.6 Å². The van der Waals surface area contributed by atoms with Crippen molar-refractivity contribution in [3.05, 3.63) is 58.3 Å². The van der Waals surface area contributed by atoms with Crippen molar-refractivity contribution in [1.82, 2.24) is 19.4 Å². The van der Waals surface area contributed by atoms with E-state index in [2.05, 4.69) is 10.3 Å². The van der Waals surface area contributed by atoms with Crippen LogP contribution in [0, 0.1) is 13.8 Å². The third kappa shape index (κ3) is 3.07. The molecule has 1 aromatic carbocycles. The highest BCUT2D eigenvalue weighted by molar-refractivity contribution is 5.83. The van der Waals surface area contributed by atoms with Crippen molar-refractivity contribution in [1.29, 1.82) is 0 Å². The molecule has 2 aromatic heterocycles. The van der Waals surface area contributed by atoms with E-state index in [1.54, 1.807) is 0 Å². The standard InChI is InChI=1S/C19H22N4O2/c1-4-10-20-16(24)11-22-12-21-18-17(19(22)25)13(2)14(3)23(18)15-8-6-5-7-9-15/h5-9,12H,4,10-11H2,1-3H3,(H,20,24). The quantitative estimate of drug-likeness (QED) is 0.776. The lowest BCUT2D eigenvalue weighted by molar-refractivity contribution is -0.121. The molecular formula is C19H22N4O2. The maximum Gasteiger partial charge on any atom is 0.263 e. The van der Waals surface area contributed by atoms with Crippen molar-refractivity contribution < 1.29 is 4.79 Å². The van der Waals surface area contributed by atoms with E-state index in [1.165, 1.54) is 10.9 Å². The predicted molar refractivity (Wildman–Crippen MR) is 98.1 cm³/mol. The number of aromatic nitrogens is 3. The Morgan fingerprint density at radius 2 is 1.92 bits per heavy atom. The van der Waals surface area contributed by atoms with Crippen molar-refractivity contribution in [2.24, 2.45) is 0 Å². The lowest BCUT2D eigenvalue weighted by Gasteiger charge is -2.09. The fourth-order valence-electron chi connectivity index (χ4n) is 2.97. The van der Waals surface area contributed by atoms with Gasteiger partial charge in [0.25, 0.3) is 5.56 Å². The minimum atomic E-state index is -0.188. The van der Waals surface area contributed by atoms with E-state index in [4.69, 9.17) is 0 Å². The molecule has 3 aromatic rings. The fraction of sp³-hybridized carbons (Fsp3) is 0.316. The molecule has 0 saturated carbocycles. The SMILES string of the molecule is CCCNC(=O)Cn1cnc2c(c(C)c(C)n2-c2ccccc2)c1=O. The zero-order chi connectivity index (χ0) is 18.0. The van der Waals surface area contributed by atoms with Crippen LogP contribution in [0.25, 0.3) is 16.7 Å². The molecule has 0 atom stereocenters. The van der Waals surface area contributed by atoms with Crippen LogP contribution in [0.1, 0.15) is 24.6 Å². The molecule has 0 fully saturated rings. The summed E-state index contributed by atoms with van der Waals surface area (Å²) in [5.41, 5.74) is 3.26. The van der Waals surface area contributed by atoms with Crippen molar-refractivity contribution in [3.63, 3.8) is 0 Å². The van der Waals surface area contributed by atoms with E-state index >= 15 is 0 Å². The lowest BCUT2D eigenvalue weighted by atomic mass is 10.2. The first kappa shape index (κ1) is 17.0. The lowest BCUT2D eigenvalue weighted by Crippen LogP contribution is -2.32. The molecule has 6 heteroatoms. The monoisotopic (exact) mass is 338 g/mol. The maximum atomic E-state index is 12.9. The molecule has 0 bridgehead atoms. The molecule has 0 aliphatic carbocycles. The minimum Gasteiger partial charge on any atom is -0.355 e. The summed E-state index contributed by atoms with van der Waals surface area (Å²) >= 11 is 0. The van der Waals surface area contributed by atoms with Crippen LogP contribution >= 0.6 is 0 Å². The van der Waals surface area contributed by atoms with Gasteiger partial charge in [0.1, 0.15) is 12.9 Å². The van der Waals surface area contributed by atoms with Gasteiger partial charge in [-0.15, -0.1) is 0 Å². The fourth-order valence-corrected chi connectivity index (χ4v) is 2.97. The molecule has 0 aliphatic heterocycles. The number of benzene rings is 1. The molecule has 25 heavy (non-hydrogen) atoms. The molecule has 1 N–H and O–H groups in total. The molecule has 1 amide bonds. The number of amides is 1. The normalized spacial score (nSPS) is 11.0. The van der Waals surface area contributed by atoms with Crippen molar-refractivity contribution in [2.45, 2.75) is 33.7 Å². The third-order valence-electron chi connectivity index (χ3n) is 4.38. The van der Waals surface area contributed by atoms with E-state index < -0.39 is 0 Å². The van der Waals surface area contributed by atoms with E-state index in [0.717, 1.165) is 23.4 Å². The van der Waals surface area contributed by atoms with Crippen LogP contribution in [-0.4, -0.2) is 26.6 Å². The van der Waals surface area contributed by atoms with Gasteiger partial charge in [-0.1, -0.05) is 25.1 Å². The Morgan fingerprint density at radius 3 is 2.60 bits per heavy atom. The summed E-state index contributed by atoms with van der Waals surface area (Å²) in [6, 6.07) is 9.83. The number of hydrogen-bond acceptors (Lipinski definition) is 3. The van der Waals surface area contributed by atoms with Crippen LogP contribution in [-0.2, 0) is 11.3 Å². The first-order chi connectivity index (χ1) is 12.0. The molecule has 0 spiro atoms. The molecule has 0 radical (unpaired) electrons. The van der Waals surface area contributed by atoms with Crippen LogP contribution in [0.3, 0.4) is 0 Å². The summed E-state index contributed by atoms with van der Waals surface area (Å²) in [4.78, 5) is 29.3. The van der Waals surface area contributed by atoms with Crippen LogP contribution in [0.4, 0.5) is 0 Å². The van der Waals surface area contributed by atoms with Crippen molar-refractivity contribution in [2.75, 3.05) is 6.54 Å². The Labute approximate surface area is 146 Å². The predicted octanol–water partition coefficient (Wildman–Crippen LogP) is 2.33. The topological polar surface area (TPSA) is 68.9 Å². The van der Waals surface area contributed by atoms with Gasteiger partial charge in [-0.2, -0.15) is 0 Å². The smallest absolute Gasteiger partial charge is 0.263 e. The highest BCUT2D eigenvalue weighted by Gasteiger charge is 2.18. The second-order valence-electron chi connectivity index (χ2n) is 6.11. The van der Waals surface area contributed by atoms with Gasteiger partial charge in [-0.05, 0) is 38.0 Å². The second-order valence-corrected chi connectivity index (χ2v) is 6.11. The summed E-state index contributed by atoms with van der Waals surface area (Å²) in [7, 11) is 0. The highest BCUT2D eigenvalue weighted by atomic mass is 16.2. The minimum absolute atomic E-state index is 0.0171. The second kappa shape index (κ2) is 6.93. The number of nitrogens with one attached hydrogen (secondary N) is 1. The van der Waals surface area contributed by atoms with Gasteiger partial charge < -0.3 is 5.32 Å². The summed E-state index contributed by atoms with van der Waals surface area (Å²) in [6.07, 6.45) is 2.31. The summed E-state index contributed by atoms with van der Waals surface area (Å²) in [5, 5.41) is 3.34. The average molecular weight is 338 g/mol. The zero-order valence-corrected chi connectivity index (χ0v) is 14.7. The van der Waals surface area contributed by atoms with Crippen LogP contribution in [0.15, 0.2) is 41.5 Å². The average Bonchev–Trinajstić information content (AvgIpc) is 2.88. The summed E-state index contributed by atoms with van der Waals surface area (Å²) in [5.74, 6) is -0.179. The third-order valence-corrected chi connectivity index (χ3v) is 4.38. The maximum absolute atomic E-state index is 12.9. The van der Waals surface area contributed by atoms with Gasteiger partial charge in [0.15, 0.2) is 5.65 Å². The van der Waals surface area contributed by atoms with Gasteiger partial charge in [-0.3, -0.25) is 18.7 Å². The highest BCUT2D eigenvalue weighted by Crippen LogP contribution is 2.24. The number of nitrogens with zero attached hydrogens (tertiary/aromatic N) is 3.